The number of ketones is 1. The topological polar surface area (TPSA) is 17.1 Å². The van der Waals surface area contributed by atoms with Gasteiger partial charge in [-0.05, 0) is 30.5 Å². The van der Waals surface area contributed by atoms with Crippen molar-refractivity contribution in [2.45, 2.75) is 17.7 Å². The first kappa shape index (κ1) is 14.3. The number of halogens is 2. The molecule has 0 bridgehead atoms. The molecule has 2 rings (SSSR count). The third-order valence-electron chi connectivity index (χ3n) is 2.92. The lowest BCUT2D eigenvalue weighted by Crippen LogP contribution is -2.15. The Balaban J connectivity index is 1.96. The maximum atomic E-state index is 12.2. The third-order valence-corrected chi connectivity index (χ3v) is 4.03. The van der Waals surface area contributed by atoms with E-state index in [-0.39, 0.29) is 10.6 Å². The summed E-state index contributed by atoms with van der Waals surface area (Å²) < 4.78 is 0. The Hall–Kier alpha value is -1.12. The van der Waals surface area contributed by atoms with Gasteiger partial charge in [-0.15, -0.1) is 0 Å². The van der Waals surface area contributed by atoms with Crippen LogP contribution in [-0.4, -0.2) is 10.6 Å². The third kappa shape index (κ3) is 4.19. The molecule has 19 heavy (non-hydrogen) atoms. The molecule has 0 heterocycles. The fraction of sp³-hybridized carbons (Fsp3) is 0.188. The molecule has 0 aliphatic heterocycles. The van der Waals surface area contributed by atoms with Gasteiger partial charge in [-0.3, -0.25) is 4.79 Å². The van der Waals surface area contributed by atoms with E-state index in [4.69, 9.17) is 11.6 Å². The van der Waals surface area contributed by atoms with E-state index in [0.717, 1.165) is 12.8 Å². The quantitative estimate of drug-likeness (QED) is 0.559. The van der Waals surface area contributed by atoms with Crippen molar-refractivity contribution in [2.24, 2.45) is 0 Å². The number of benzene rings is 2. The van der Waals surface area contributed by atoms with Gasteiger partial charge in [-0.25, -0.2) is 0 Å². The first-order chi connectivity index (χ1) is 9.16. The predicted octanol–water partition coefficient (Wildman–Crippen LogP) is 4.92. The van der Waals surface area contributed by atoms with Gasteiger partial charge in [0.05, 0.1) is 4.83 Å². The Bertz CT molecular complexity index is 554. The van der Waals surface area contributed by atoms with Gasteiger partial charge in [0, 0.05) is 10.6 Å². The molecule has 0 aliphatic carbocycles. The van der Waals surface area contributed by atoms with E-state index in [0.29, 0.717) is 10.6 Å². The Morgan fingerprint density at radius 3 is 2.53 bits per heavy atom. The first-order valence-electron chi connectivity index (χ1n) is 6.14. The van der Waals surface area contributed by atoms with Gasteiger partial charge in [0.1, 0.15) is 0 Å². The molecular formula is C16H14BrClO. The monoisotopic (exact) mass is 336 g/mol. The molecule has 98 valence electrons. The van der Waals surface area contributed by atoms with Crippen molar-refractivity contribution >= 4 is 33.3 Å². The fourth-order valence-electron chi connectivity index (χ4n) is 1.89. The molecule has 0 amide bonds. The molecule has 0 radical (unpaired) electrons. The molecular weight excluding hydrogens is 324 g/mol. The van der Waals surface area contributed by atoms with Gasteiger partial charge < -0.3 is 0 Å². The minimum Gasteiger partial charge on any atom is -0.293 e. The number of Topliss-reactive ketones (excluding diaryl/α,β-unsaturated/α-hetero) is 1. The second-order valence-corrected chi connectivity index (χ2v) is 5.91. The van der Waals surface area contributed by atoms with Crippen LogP contribution in [0.1, 0.15) is 22.3 Å². The molecule has 3 heteroatoms. The van der Waals surface area contributed by atoms with Crippen LogP contribution in [0.15, 0.2) is 54.6 Å². The second-order valence-electron chi connectivity index (χ2n) is 4.37. The van der Waals surface area contributed by atoms with Gasteiger partial charge in [0.25, 0.3) is 0 Å². The zero-order valence-electron chi connectivity index (χ0n) is 10.4. The van der Waals surface area contributed by atoms with Gasteiger partial charge in [-0.1, -0.05) is 70.0 Å². The Morgan fingerprint density at radius 1 is 1.11 bits per heavy atom. The van der Waals surface area contributed by atoms with Crippen LogP contribution in [0.3, 0.4) is 0 Å². The van der Waals surface area contributed by atoms with Gasteiger partial charge in [0.15, 0.2) is 5.78 Å². The first-order valence-corrected chi connectivity index (χ1v) is 7.44. The summed E-state index contributed by atoms with van der Waals surface area (Å²) in [6, 6.07) is 17.2. The molecule has 0 saturated carbocycles. The van der Waals surface area contributed by atoms with E-state index < -0.39 is 0 Å². The summed E-state index contributed by atoms with van der Waals surface area (Å²) in [7, 11) is 0. The van der Waals surface area contributed by atoms with Crippen molar-refractivity contribution in [1.82, 2.24) is 0 Å². The number of carbonyl (C=O) groups excluding carboxylic acids is 1. The Kier molecular flexibility index (Phi) is 5.17. The van der Waals surface area contributed by atoms with Crippen LogP contribution >= 0.6 is 27.5 Å². The summed E-state index contributed by atoms with van der Waals surface area (Å²) in [4.78, 5) is 12.0. The standard InChI is InChI=1S/C16H14BrClO/c17-15(10-9-12-5-2-1-3-6-12)16(19)13-7-4-8-14(18)11-13/h1-8,11,15H,9-10H2. The summed E-state index contributed by atoms with van der Waals surface area (Å²) in [6.45, 7) is 0. The van der Waals surface area contributed by atoms with Crippen LogP contribution in [0.4, 0.5) is 0 Å². The van der Waals surface area contributed by atoms with E-state index in [9.17, 15) is 4.79 Å². The van der Waals surface area contributed by atoms with E-state index >= 15 is 0 Å². The highest BCUT2D eigenvalue weighted by molar-refractivity contribution is 9.10. The minimum atomic E-state index is -0.175. The maximum absolute atomic E-state index is 12.2. The lowest BCUT2D eigenvalue weighted by atomic mass is 10.0. The smallest absolute Gasteiger partial charge is 0.176 e. The van der Waals surface area contributed by atoms with E-state index in [1.54, 1.807) is 24.3 Å². The van der Waals surface area contributed by atoms with Crippen molar-refractivity contribution in [3.63, 3.8) is 0 Å². The number of alkyl halides is 1. The molecule has 2 aromatic rings. The Morgan fingerprint density at radius 2 is 1.84 bits per heavy atom. The largest absolute Gasteiger partial charge is 0.293 e. The Labute approximate surface area is 126 Å². The van der Waals surface area contributed by atoms with E-state index in [2.05, 4.69) is 28.1 Å². The van der Waals surface area contributed by atoms with Crippen LogP contribution in [-0.2, 0) is 6.42 Å². The lowest BCUT2D eigenvalue weighted by molar-refractivity contribution is 0.0989. The fourth-order valence-corrected chi connectivity index (χ4v) is 2.58. The summed E-state index contributed by atoms with van der Waals surface area (Å²) in [5.41, 5.74) is 1.90. The van der Waals surface area contributed by atoms with Crippen molar-refractivity contribution < 1.29 is 4.79 Å². The average molecular weight is 338 g/mol. The minimum absolute atomic E-state index is 0.0819. The zero-order chi connectivity index (χ0) is 13.7. The van der Waals surface area contributed by atoms with Gasteiger partial charge >= 0.3 is 0 Å². The highest BCUT2D eigenvalue weighted by Crippen LogP contribution is 2.19. The van der Waals surface area contributed by atoms with Crippen LogP contribution in [0, 0.1) is 0 Å². The number of carbonyl (C=O) groups is 1. The molecule has 0 N–H and O–H groups in total. The highest BCUT2D eigenvalue weighted by atomic mass is 79.9. The molecule has 0 saturated heterocycles. The summed E-state index contributed by atoms with van der Waals surface area (Å²) in [5, 5.41) is 0.591. The van der Waals surface area contributed by atoms with Gasteiger partial charge in [-0.2, -0.15) is 0 Å². The van der Waals surface area contributed by atoms with Gasteiger partial charge in [0.2, 0.25) is 0 Å². The number of hydrogen-bond donors (Lipinski definition) is 0. The molecule has 0 spiro atoms. The predicted molar refractivity (Wildman–Crippen MR) is 83.3 cm³/mol. The van der Waals surface area contributed by atoms with E-state index in [1.165, 1.54) is 5.56 Å². The maximum Gasteiger partial charge on any atom is 0.176 e. The van der Waals surface area contributed by atoms with Crippen LogP contribution in [0.25, 0.3) is 0 Å². The summed E-state index contributed by atoms with van der Waals surface area (Å²) in [6.07, 6.45) is 1.65. The van der Waals surface area contributed by atoms with E-state index in [1.807, 2.05) is 18.2 Å². The molecule has 1 atom stereocenters. The van der Waals surface area contributed by atoms with Crippen LogP contribution < -0.4 is 0 Å². The van der Waals surface area contributed by atoms with Crippen molar-refractivity contribution in [1.29, 1.82) is 0 Å². The lowest BCUT2D eigenvalue weighted by Gasteiger charge is -2.09. The highest BCUT2D eigenvalue weighted by Gasteiger charge is 2.16. The molecule has 1 nitrogen and oxygen atoms in total. The average Bonchev–Trinajstić information content (AvgIpc) is 2.45. The molecule has 2 aromatic carbocycles. The number of rotatable bonds is 5. The SMILES string of the molecule is O=C(c1cccc(Cl)c1)C(Br)CCc1ccccc1. The molecule has 0 fully saturated rings. The molecule has 0 aliphatic rings. The molecule has 0 aromatic heterocycles. The molecule has 1 unspecified atom stereocenters. The van der Waals surface area contributed by atoms with Crippen molar-refractivity contribution in [3.05, 3.63) is 70.7 Å². The normalized spacial score (nSPS) is 12.1. The second kappa shape index (κ2) is 6.88. The van der Waals surface area contributed by atoms with Crippen LogP contribution in [0.5, 0.6) is 0 Å². The van der Waals surface area contributed by atoms with Crippen LogP contribution in [0.2, 0.25) is 5.02 Å². The summed E-state index contributed by atoms with van der Waals surface area (Å²) in [5.74, 6) is 0.0819. The summed E-state index contributed by atoms with van der Waals surface area (Å²) >= 11 is 9.37. The zero-order valence-corrected chi connectivity index (χ0v) is 12.7. The number of hydrogen-bond acceptors (Lipinski definition) is 1. The van der Waals surface area contributed by atoms with Crippen molar-refractivity contribution in [2.75, 3.05) is 0 Å². The van der Waals surface area contributed by atoms with Crippen molar-refractivity contribution in [3.8, 4) is 0 Å². The number of aryl methyl sites for hydroxylation is 1.